The second kappa shape index (κ2) is 2.60. The van der Waals surface area contributed by atoms with Gasteiger partial charge in [-0.2, -0.15) is 0 Å². The van der Waals surface area contributed by atoms with Crippen LogP contribution >= 0.6 is 0 Å². The van der Waals surface area contributed by atoms with E-state index >= 15 is 0 Å². The minimum atomic E-state index is -0.481. The Labute approximate surface area is 83.8 Å². The van der Waals surface area contributed by atoms with Gasteiger partial charge in [-0.3, -0.25) is 4.79 Å². The van der Waals surface area contributed by atoms with Gasteiger partial charge in [-0.15, -0.1) is 0 Å². The fourth-order valence-corrected chi connectivity index (χ4v) is 2.73. The molecule has 0 aromatic heterocycles. The Morgan fingerprint density at radius 3 is 2.86 bits per heavy atom. The molecule has 2 aliphatic rings. The first-order valence-electron chi connectivity index (χ1n) is 4.96. The number of carbonyl (C=O) groups is 1. The summed E-state index contributed by atoms with van der Waals surface area (Å²) < 4.78 is 5.14. The molecule has 0 aromatic carbocycles. The van der Waals surface area contributed by atoms with Gasteiger partial charge in [0, 0.05) is 5.41 Å². The van der Waals surface area contributed by atoms with Crippen LogP contribution in [0.25, 0.3) is 0 Å². The zero-order chi connectivity index (χ0) is 10.6. The molecule has 0 bridgehead atoms. The highest BCUT2D eigenvalue weighted by molar-refractivity contribution is 5.82. The van der Waals surface area contributed by atoms with Gasteiger partial charge in [0.15, 0.2) is 0 Å². The van der Waals surface area contributed by atoms with E-state index < -0.39 is 5.41 Å². The third kappa shape index (κ3) is 0.793. The number of rotatable bonds is 1. The molecule has 1 aliphatic carbocycles. The molecule has 0 aromatic rings. The van der Waals surface area contributed by atoms with Gasteiger partial charge < -0.3 is 9.84 Å². The average Bonchev–Trinajstić information content (AvgIpc) is 2.50. The predicted molar refractivity (Wildman–Crippen MR) is 51.5 cm³/mol. The Hall–Kier alpha value is -0.830. The largest absolute Gasteiger partial charge is 0.464 e. The number of allylic oxidation sites excluding steroid dienone is 1. The second-order valence-electron chi connectivity index (χ2n) is 4.75. The lowest BCUT2D eigenvalue weighted by atomic mass is 9.64. The van der Waals surface area contributed by atoms with Crippen LogP contribution in [0.3, 0.4) is 0 Å². The molecule has 0 saturated carbocycles. The van der Waals surface area contributed by atoms with Gasteiger partial charge in [0.25, 0.3) is 0 Å². The molecular weight excluding hydrogens is 180 g/mol. The van der Waals surface area contributed by atoms with Crippen molar-refractivity contribution >= 4 is 5.97 Å². The van der Waals surface area contributed by atoms with Crippen LogP contribution in [0.4, 0.5) is 0 Å². The summed E-state index contributed by atoms with van der Waals surface area (Å²) in [6, 6.07) is 0. The number of carbonyl (C=O) groups excluding carboxylic acids is 1. The SMILES string of the molecule is CC1C=C(CO)C2(C)COC(=O)C12C. The average molecular weight is 196 g/mol. The maximum atomic E-state index is 11.7. The Morgan fingerprint density at radius 1 is 1.64 bits per heavy atom. The number of hydrogen-bond donors (Lipinski definition) is 1. The van der Waals surface area contributed by atoms with Crippen molar-refractivity contribution in [2.45, 2.75) is 20.8 Å². The lowest BCUT2D eigenvalue weighted by molar-refractivity contribution is -0.147. The second-order valence-corrected chi connectivity index (χ2v) is 4.75. The van der Waals surface area contributed by atoms with E-state index in [1.54, 1.807) is 0 Å². The summed E-state index contributed by atoms with van der Waals surface area (Å²) in [4.78, 5) is 11.7. The van der Waals surface area contributed by atoms with Gasteiger partial charge in [-0.05, 0) is 18.4 Å². The van der Waals surface area contributed by atoms with Crippen LogP contribution in [0.15, 0.2) is 11.6 Å². The zero-order valence-corrected chi connectivity index (χ0v) is 8.83. The van der Waals surface area contributed by atoms with Crippen molar-refractivity contribution < 1.29 is 14.6 Å². The first-order valence-corrected chi connectivity index (χ1v) is 4.96. The Kier molecular flexibility index (Phi) is 1.80. The van der Waals surface area contributed by atoms with Gasteiger partial charge in [0.1, 0.15) is 6.61 Å². The summed E-state index contributed by atoms with van der Waals surface area (Å²) in [5, 5.41) is 9.26. The Balaban J connectivity index is 2.51. The van der Waals surface area contributed by atoms with E-state index in [0.717, 1.165) is 5.57 Å². The van der Waals surface area contributed by atoms with E-state index in [4.69, 9.17) is 4.74 Å². The van der Waals surface area contributed by atoms with Crippen LogP contribution in [-0.2, 0) is 9.53 Å². The molecule has 2 rings (SSSR count). The number of fused-ring (bicyclic) bond motifs is 1. The number of hydrogen-bond acceptors (Lipinski definition) is 3. The quantitative estimate of drug-likeness (QED) is 0.505. The normalized spacial score (nSPS) is 46.1. The molecule has 1 aliphatic heterocycles. The molecule has 3 nitrogen and oxygen atoms in total. The Bertz CT molecular complexity index is 320. The maximum Gasteiger partial charge on any atom is 0.313 e. The summed E-state index contributed by atoms with van der Waals surface area (Å²) in [6.07, 6.45) is 2.01. The van der Waals surface area contributed by atoms with E-state index in [1.165, 1.54) is 0 Å². The lowest BCUT2D eigenvalue weighted by Crippen LogP contribution is -2.40. The molecule has 1 saturated heterocycles. The summed E-state index contributed by atoms with van der Waals surface area (Å²) in [6.45, 7) is 6.37. The van der Waals surface area contributed by atoms with Crippen LogP contribution in [0.5, 0.6) is 0 Å². The van der Waals surface area contributed by atoms with Crippen LogP contribution in [0.1, 0.15) is 20.8 Å². The first-order chi connectivity index (χ1) is 6.46. The van der Waals surface area contributed by atoms with Crippen molar-refractivity contribution in [3.63, 3.8) is 0 Å². The predicted octanol–water partition coefficient (Wildman–Crippen LogP) is 1.12. The van der Waals surface area contributed by atoms with Crippen LogP contribution in [0.2, 0.25) is 0 Å². The molecule has 1 N–H and O–H groups in total. The minimum Gasteiger partial charge on any atom is -0.464 e. The third-order valence-electron chi connectivity index (χ3n) is 4.30. The smallest absolute Gasteiger partial charge is 0.313 e. The fourth-order valence-electron chi connectivity index (χ4n) is 2.73. The molecule has 3 heteroatoms. The van der Waals surface area contributed by atoms with Crippen molar-refractivity contribution in [1.82, 2.24) is 0 Å². The van der Waals surface area contributed by atoms with Gasteiger partial charge in [0.05, 0.1) is 12.0 Å². The van der Waals surface area contributed by atoms with Crippen LogP contribution in [0, 0.1) is 16.7 Å². The third-order valence-corrected chi connectivity index (χ3v) is 4.30. The van der Waals surface area contributed by atoms with Crippen molar-refractivity contribution in [3.8, 4) is 0 Å². The number of aliphatic hydroxyl groups excluding tert-OH is 1. The molecule has 78 valence electrons. The molecular formula is C11H16O3. The first kappa shape index (κ1) is 9.71. The molecule has 0 spiro atoms. The van der Waals surface area contributed by atoms with Gasteiger partial charge >= 0.3 is 5.97 Å². The van der Waals surface area contributed by atoms with E-state index in [9.17, 15) is 9.90 Å². The van der Waals surface area contributed by atoms with E-state index in [0.29, 0.717) is 6.61 Å². The van der Waals surface area contributed by atoms with E-state index in [1.807, 2.05) is 26.8 Å². The minimum absolute atomic E-state index is 0.0209. The number of cyclic esters (lactones) is 1. The Morgan fingerprint density at radius 2 is 2.29 bits per heavy atom. The van der Waals surface area contributed by atoms with Gasteiger partial charge in [-0.1, -0.05) is 19.9 Å². The highest BCUT2D eigenvalue weighted by Gasteiger charge is 2.63. The summed E-state index contributed by atoms with van der Waals surface area (Å²) >= 11 is 0. The molecule has 0 amide bonds. The topological polar surface area (TPSA) is 46.5 Å². The zero-order valence-electron chi connectivity index (χ0n) is 8.83. The molecule has 14 heavy (non-hydrogen) atoms. The van der Waals surface area contributed by atoms with Crippen LogP contribution < -0.4 is 0 Å². The fraction of sp³-hybridized carbons (Fsp3) is 0.727. The number of aliphatic hydroxyl groups is 1. The monoisotopic (exact) mass is 196 g/mol. The number of esters is 1. The molecule has 3 unspecified atom stereocenters. The molecule has 3 atom stereocenters. The summed E-state index contributed by atoms with van der Waals surface area (Å²) in [5.41, 5.74) is 0.155. The highest BCUT2D eigenvalue weighted by Crippen LogP contribution is 2.59. The van der Waals surface area contributed by atoms with Crippen molar-refractivity contribution in [2.24, 2.45) is 16.7 Å². The van der Waals surface area contributed by atoms with Gasteiger partial charge in [0.2, 0.25) is 0 Å². The van der Waals surface area contributed by atoms with E-state index in [2.05, 4.69) is 0 Å². The molecule has 1 heterocycles. The number of ether oxygens (including phenoxy) is 1. The van der Waals surface area contributed by atoms with Crippen molar-refractivity contribution in [1.29, 1.82) is 0 Å². The lowest BCUT2D eigenvalue weighted by Gasteiger charge is -2.34. The van der Waals surface area contributed by atoms with Crippen molar-refractivity contribution in [3.05, 3.63) is 11.6 Å². The molecule has 0 radical (unpaired) electrons. The van der Waals surface area contributed by atoms with Gasteiger partial charge in [-0.25, -0.2) is 0 Å². The molecule has 1 fully saturated rings. The summed E-state index contributed by atoms with van der Waals surface area (Å²) in [5.74, 6) is 0.0110. The maximum absolute atomic E-state index is 11.7. The van der Waals surface area contributed by atoms with Crippen LogP contribution in [-0.4, -0.2) is 24.3 Å². The van der Waals surface area contributed by atoms with E-state index in [-0.39, 0.29) is 23.9 Å². The highest BCUT2D eigenvalue weighted by atomic mass is 16.5. The standard InChI is InChI=1S/C11H16O3/c1-7-4-8(5-12)10(2)6-14-9(13)11(7,10)3/h4,7,12H,5-6H2,1-3H3. The summed E-state index contributed by atoms with van der Waals surface area (Å²) in [7, 11) is 0. The van der Waals surface area contributed by atoms with Crippen molar-refractivity contribution in [2.75, 3.05) is 13.2 Å².